The molecule has 2 aliphatic heterocycles. The van der Waals surface area contributed by atoms with Gasteiger partial charge in [-0.25, -0.2) is 5.01 Å². The molecule has 1 N–H and O–H groups in total. The molecule has 1 amide bonds. The van der Waals surface area contributed by atoms with Crippen molar-refractivity contribution in [1.82, 2.24) is 5.01 Å². The highest BCUT2D eigenvalue weighted by Crippen LogP contribution is 2.38. The van der Waals surface area contributed by atoms with Crippen LogP contribution in [0.15, 0.2) is 76.5 Å². The van der Waals surface area contributed by atoms with Gasteiger partial charge < -0.3 is 5.32 Å². The Kier molecular flexibility index (Phi) is 4.59. The van der Waals surface area contributed by atoms with E-state index in [9.17, 15) is 4.79 Å². The second-order valence-electron chi connectivity index (χ2n) is 7.34. The molecule has 0 bridgehead atoms. The summed E-state index contributed by atoms with van der Waals surface area (Å²) in [6, 6.07) is 18.0. The predicted molar refractivity (Wildman–Crippen MR) is 113 cm³/mol. The molecule has 0 spiro atoms. The van der Waals surface area contributed by atoms with E-state index in [0.29, 0.717) is 0 Å². The number of fused-ring (bicyclic) bond motifs is 1. The van der Waals surface area contributed by atoms with Crippen LogP contribution in [0.2, 0.25) is 0 Å². The van der Waals surface area contributed by atoms with Crippen molar-refractivity contribution in [3.63, 3.8) is 0 Å². The maximum atomic E-state index is 13.1. The minimum absolute atomic E-state index is 0.108. The van der Waals surface area contributed by atoms with Gasteiger partial charge in [0.2, 0.25) is 5.91 Å². The molecule has 2 aromatic carbocycles. The van der Waals surface area contributed by atoms with Gasteiger partial charge in [0.15, 0.2) is 5.66 Å². The van der Waals surface area contributed by atoms with Gasteiger partial charge in [-0.15, -0.1) is 0 Å². The van der Waals surface area contributed by atoms with Crippen molar-refractivity contribution < 1.29 is 4.79 Å². The van der Waals surface area contributed by atoms with Crippen LogP contribution in [0.5, 0.6) is 0 Å². The van der Waals surface area contributed by atoms with Crippen LogP contribution < -0.4 is 5.32 Å². The number of nitrogens with zero attached hydrogens (tertiary/aromatic N) is 3. The van der Waals surface area contributed by atoms with Crippen LogP contribution in [0, 0.1) is 5.92 Å². The number of anilines is 1. The first-order chi connectivity index (χ1) is 13.5. The Morgan fingerprint density at radius 2 is 1.86 bits per heavy atom. The number of nitrogens with one attached hydrogen (secondary N) is 1. The zero-order valence-corrected chi connectivity index (χ0v) is 16.4. The number of hydrogen-bond donors (Lipinski definition) is 1. The van der Waals surface area contributed by atoms with Gasteiger partial charge in [-0.2, -0.15) is 5.10 Å². The molecular weight excluding hydrogens is 348 g/mol. The fraction of sp³-hybridized carbons (Fsp3) is 0.261. The topological polar surface area (TPSA) is 57.1 Å². The second-order valence-corrected chi connectivity index (χ2v) is 7.34. The van der Waals surface area contributed by atoms with E-state index in [0.717, 1.165) is 29.1 Å². The molecule has 2 unspecified atom stereocenters. The van der Waals surface area contributed by atoms with Crippen molar-refractivity contribution in [1.29, 1.82) is 0 Å². The van der Waals surface area contributed by atoms with Crippen molar-refractivity contribution in [2.75, 3.05) is 5.32 Å². The molecule has 0 radical (unpaired) electrons. The van der Waals surface area contributed by atoms with Gasteiger partial charge >= 0.3 is 0 Å². The Labute approximate surface area is 165 Å². The number of hydrogen-bond acceptors (Lipinski definition) is 4. The number of carbonyl (C=O) groups excluding carboxylic acids is 1. The lowest BCUT2D eigenvalue weighted by Gasteiger charge is -2.38. The van der Waals surface area contributed by atoms with Crippen LogP contribution in [0.4, 0.5) is 5.69 Å². The largest absolute Gasteiger partial charge is 0.325 e. The van der Waals surface area contributed by atoms with E-state index >= 15 is 0 Å². The van der Waals surface area contributed by atoms with Gasteiger partial charge in [0.25, 0.3) is 0 Å². The lowest BCUT2D eigenvalue weighted by atomic mass is 9.92. The fourth-order valence-corrected chi connectivity index (χ4v) is 3.74. The molecule has 4 rings (SSSR count). The molecule has 142 valence electrons. The van der Waals surface area contributed by atoms with Gasteiger partial charge in [-0.1, -0.05) is 49.4 Å². The Bertz CT molecular complexity index is 975. The van der Waals surface area contributed by atoms with E-state index in [2.05, 4.69) is 17.3 Å². The highest BCUT2D eigenvalue weighted by Gasteiger charge is 2.49. The van der Waals surface area contributed by atoms with Crippen molar-refractivity contribution >= 4 is 23.5 Å². The Hall–Kier alpha value is -3.21. The van der Waals surface area contributed by atoms with Crippen LogP contribution in [0.25, 0.3) is 0 Å². The summed E-state index contributed by atoms with van der Waals surface area (Å²) >= 11 is 0. The Morgan fingerprint density at radius 1 is 1.14 bits per heavy atom. The van der Waals surface area contributed by atoms with Gasteiger partial charge in [-0.3, -0.25) is 9.79 Å². The molecule has 2 atom stereocenters. The number of allylic oxidation sites excluding steroid dienone is 2. The molecule has 0 fully saturated rings. The first-order valence-corrected chi connectivity index (χ1v) is 9.59. The molecule has 0 aromatic heterocycles. The summed E-state index contributed by atoms with van der Waals surface area (Å²) in [5, 5.41) is 9.34. The minimum Gasteiger partial charge on any atom is -0.325 e. The van der Waals surface area contributed by atoms with Gasteiger partial charge in [0, 0.05) is 17.6 Å². The molecule has 0 saturated carbocycles. The zero-order valence-electron chi connectivity index (χ0n) is 16.4. The summed E-state index contributed by atoms with van der Waals surface area (Å²) in [4.78, 5) is 18.0. The maximum Gasteiger partial charge on any atom is 0.237 e. The number of hydrazone groups is 1. The van der Waals surface area contributed by atoms with Crippen LogP contribution in [-0.4, -0.2) is 28.5 Å². The lowest BCUT2D eigenvalue weighted by Crippen LogP contribution is -2.49. The molecular formula is C23H24N4O. The predicted octanol–water partition coefficient (Wildman–Crippen LogP) is 4.23. The number of rotatable bonds is 4. The molecule has 2 heterocycles. The van der Waals surface area contributed by atoms with Crippen molar-refractivity contribution in [3.05, 3.63) is 77.5 Å². The molecule has 5 nitrogen and oxygen atoms in total. The fourth-order valence-electron chi connectivity index (χ4n) is 3.74. The third-order valence-electron chi connectivity index (χ3n) is 5.36. The van der Waals surface area contributed by atoms with Crippen molar-refractivity contribution in [3.8, 4) is 0 Å². The highest BCUT2D eigenvalue weighted by atomic mass is 16.2. The first-order valence-electron chi connectivity index (χ1n) is 9.59. The van der Waals surface area contributed by atoms with Crippen molar-refractivity contribution in [2.45, 2.75) is 32.9 Å². The van der Waals surface area contributed by atoms with Crippen molar-refractivity contribution in [2.24, 2.45) is 16.0 Å². The molecule has 2 aromatic rings. The molecule has 2 aliphatic rings. The standard InChI is InChI=1S/C23H24N4O/c1-4-17-10-12-19(13-11-17)25-22(28)20-15-24-27-16(2)14-21(26-23(20,27)3)18-8-6-5-7-9-18/h5-15,20H,4H2,1-3H3,(H,25,28). The van der Waals surface area contributed by atoms with Gasteiger partial charge in [0.1, 0.15) is 5.92 Å². The maximum absolute atomic E-state index is 13.1. The van der Waals surface area contributed by atoms with E-state index in [-0.39, 0.29) is 5.91 Å². The third kappa shape index (κ3) is 3.13. The number of aryl methyl sites for hydroxylation is 1. The minimum atomic E-state index is -0.780. The third-order valence-corrected chi connectivity index (χ3v) is 5.36. The second kappa shape index (κ2) is 7.08. The van der Waals surface area contributed by atoms with E-state index in [1.54, 1.807) is 6.21 Å². The monoisotopic (exact) mass is 372 g/mol. The summed E-state index contributed by atoms with van der Waals surface area (Å²) in [6.45, 7) is 6.07. The van der Waals surface area contributed by atoms with Gasteiger partial charge in [-0.05, 0) is 49.6 Å². The lowest BCUT2D eigenvalue weighted by molar-refractivity contribution is -0.120. The van der Waals surface area contributed by atoms with Gasteiger partial charge in [0.05, 0.1) is 5.71 Å². The smallest absolute Gasteiger partial charge is 0.237 e. The Morgan fingerprint density at radius 3 is 2.54 bits per heavy atom. The normalized spacial score (nSPS) is 23.1. The summed E-state index contributed by atoms with van der Waals surface area (Å²) in [7, 11) is 0. The number of carbonyl (C=O) groups is 1. The summed E-state index contributed by atoms with van der Waals surface area (Å²) < 4.78 is 0. The number of benzene rings is 2. The van der Waals surface area contributed by atoms with E-state index in [4.69, 9.17) is 4.99 Å². The summed E-state index contributed by atoms with van der Waals surface area (Å²) in [6.07, 6.45) is 4.68. The molecule has 0 saturated heterocycles. The number of aliphatic imine (C=N–C) groups is 1. The van der Waals surface area contributed by atoms with E-state index in [1.807, 2.05) is 79.5 Å². The van der Waals surface area contributed by atoms with Crippen LogP contribution in [-0.2, 0) is 11.2 Å². The van der Waals surface area contributed by atoms with Crippen LogP contribution in [0.1, 0.15) is 31.9 Å². The van der Waals surface area contributed by atoms with Crippen LogP contribution >= 0.6 is 0 Å². The highest BCUT2D eigenvalue weighted by molar-refractivity contribution is 6.11. The Balaban J connectivity index is 1.62. The van der Waals surface area contributed by atoms with E-state index in [1.165, 1.54) is 5.56 Å². The molecule has 5 heteroatoms. The summed E-state index contributed by atoms with van der Waals surface area (Å²) in [5.41, 5.74) is 4.11. The average Bonchev–Trinajstić information content (AvgIpc) is 3.07. The quantitative estimate of drug-likeness (QED) is 0.873. The molecule has 0 aliphatic carbocycles. The first kappa shape index (κ1) is 18.2. The van der Waals surface area contributed by atoms with E-state index < -0.39 is 11.6 Å². The zero-order chi connectivity index (χ0) is 19.7. The van der Waals surface area contributed by atoms with Crippen LogP contribution in [0.3, 0.4) is 0 Å². The SMILES string of the molecule is CCc1ccc(NC(=O)C2C=NN3C(C)=CC(c4ccccc4)=NC23C)cc1. The average molecular weight is 372 g/mol. The molecule has 28 heavy (non-hydrogen) atoms. The summed E-state index contributed by atoms with van der Waals surface area (Å²) in [5.74, 6) is -0.593. The number of amides is 1.